The van der Waals surface area contributed by atoms with Crippen molar-refractivity contribution in [3.05, 3.63) is 58.1 Å². The number of urea groups is 1. The van der Waals surface area contributed by atoms with Crippen LogP contribution in [0.2, 0.25) is 5.02 Å². The van der Waals surface area contributed by atoms with Crippen molar-refractivity contribution in [2.24, 2.45) is 0 Å². The lowest BCUT2D eigenvalue weighted by Crippen LogP contribution is -2.32. The SMILES string of the molecule is Cc1cc(OCNC(=O)Nc2ccccc2C(F)(F)F)cc(C)c1Cl. The van der Waals surface area contributed by atoms with Crippen molar-refractivity contribution in [2.45, 2.75) is 20.0 Å². The molecule has 0 atom stereocenters. The number of alkyl halides is 3. The van der Waals surface area contributed by atoms with Crippen LogP contribution in [0.3, 0.4) is 0 Å². The van der Waals surface area contributed by atoms with E-state index in [0.717, 1.165) is 17.2 Å². The van der Waals surface area contributed by atoms with Crippen LogP contribution in [0.1, 0.15) is 16.7 Å². The highest BCUT2D eigenvalue weighted by molar-refractivity contribution is 6.32. The van der Waals surface area contributed by atoms with Crippen molar-refractivity contribution in [1.29, 1.82) is 0 Å². The number of carbonyl (C=O) groups is 1. The smallest absolute Gasteiger partial charge is 0.418 e. The number of anilines is 1. The van der Waals surface area contributed by atoms with Crippen LogP contribution < -0.4 is 15.4 Å². The Kier molecular flexibility index (Phi) is 5.79. The molecule has 0 spiro atoms. The van der Waals surface area contributed by atoms with Gasteiger partial charge in [-0.05, 0) is 49.2 Å². The maximum absolute atomic E-state index is 12.9. The van der Waals surface area contributed by atoms with Gasteiger partial charge in [-0.25, -0.2) is 4.79 Å². The zero-order valence-corrected chi connectivity index (χ0v) is 14.3. The van der Waals surface area contributed by atoms with E-state index in [1.165, 1.54) is 18.2 Å². The second-order valence-corrected chi connectivity index (χ2v) is 5.71. The molecule has 0 saturated carbocycles. The number of aryl methyl sites for hydroxylation is 2. The first-order valence-corrected chi connectivity index (χ1v) is 7.67. The van der Waals surface area contributed by atoms with Crippen LogP contribution in [0.4, 0.5) is 23.7 Å². The van der Waals surface area contributed by atoms with Gasteiger partial charge in [-0.1, -0.05) is 23.7 Å². The molecule has 2 N–H and O–H groups in total. The molecule has 0 aliphatic heterocycles. The molecule has 0 aliphatic carbocycles. The first kappa shape index (κ1) is 18.9. The molecule has 0 aromatic heterocycles. The van der Waals surface area contributed by atoms with Gasteiger partial charge in [0.05, 0.1) is 11.3 Å². The van der Waals surface area contributed by atoms with Gasteiger partial charge < -0.3 is 15.4 Å². The number of hydrogen-bond donors (Lipinski definition) is 2. The quantitative estimate of drug-likeness (QED) is 0.731. The van der Waals surface area contributed by atoms with Gasteiger partial charge in [-0.3, -0.25) is 0 Å². The average molecular weight is 373 g/mol. The molecule has 25 heavy (non-hydrogen) atoms. The van der Waals surface area contributed by atoms with Gasteiger partial charge in [0, 0.05) is 5.02 Å². The lowest BCUT2D eigenvalue weighted by Gasteiger charge is -2.14. The minimum absolute atomic E-state index is 0.208. The van der Waals surface area contributed by atoms with Crippen LogP contribution in [0.5, 0.6) is 5.75 Å². The van der Waals surface area contributed by atoms with Crippen LogP contribution in [0.15, 0.2) is 36.4 Å². The molecule has 0 bridgehead atoms. The molecule has 0 aliphatic rings. The summed E-state index contributed by atoms with van der Waals surface area (Å²) in [5.41, 5.74) is 0.390. The fraction of sp³-hybridized carbons (Fsp3) is 0.235. The summed E-state index contributed by atoms with van der Waals surface area (Å²) < 4.78 is 44.0. The number of rotatable bonds is 4. The Bertz CT molecular complexity index is 756. The van der Waals surface area contributed by atoms with E-state index in [9.17, 15) is 18.0 Å². The highest BCUT2D eigenvalue weighted by Crippen LogP contribution is 2.34. The zero-order valence-electron chi connectivity index (χ0n) is 13.5. The summed E-state index contributed by atoms with van der Waals surface area (Å²) in [5, 5.41) is 5.13. The van der Waals surface area contributed by atoms with Crippen molar-refractivity contribution >= 4 is 23.3 Å². The van der Waals surface area contributed by atoms with E-state index in [0.29, 0.717) is 10.8 Å². The van der Waals surface area contributed by atoms with E-state index in [-0.39, 0.29) is 12.4 Å². The lowest BCUT2D eigenvalue weighted by atomic mass is 10.1. The number of carbonyl (C=O) groups excluding carboxylic acids is 1. The van der Waals surface area contributed by atoms with Crippen LogP contribution in [0.25, 0.3) is 0 Å². The molecule has 2 aromatic rings. The Morgan fingerprint density at radius 2 is 1.76 bits per heavy atom. The maximum atomic E-state index is 12.9. The standard InChI is InChI=1S/C17H16ClF3N2O2/c1-10-7-12(8-11(2)15(10)18)25-9-22-16(24)23-14-6-4-3-5-13(14)17(19,20)21/h3-8H,9H2,1-2H3,(H2,22,23,24). The van der Waals surface area contributed by atoms with E-state index in [1.54, 1.807) is 12.1 Å². The van der Waals surface area contributed by atoms with Crippen molar-refractivity contribution < 1.29 is 22.7 Å². The minimum atomic E-state index is -4.56. The number of hydrogen-bond acceptors (Lipinski definition) is 2. The summed E-state index contributed by atoms with van der Waals surface area (Å²) in [7, 11) is 0. The van der Waals surface area contributed by atoms with Gasteiger partial charge in [0.2, 0.25) is 0 Å². The molecule has 2 aromatic carbocycles. The topological polar surface area (TPSA) is 50.4 Å². The summed E-state index contributed by atoms with van der Waals surface area (Å²) in [5.74, 6) is 0.496. The number of amides is 2. The number of benzene rings is 2. The molecule has 134 valence electrons. The third-order valence-corrected chi connectivity index (χ3v) is 3.96. The molecular weight excluding hydrogens is 357 g/mol. The molecule has 4 nitrogen and oxygen atoms in total. The van der Waals surface area contributed by atoms with Gasteiger partial charge in [0.25, 0.3) is 0 Å². The predicted molar refractivity (Wildman–Crippen MR) is 90.0 cm³/mol. The molecule has 2 amide bonds. The largest absolute Gasteiger partial charge is 0.473 e. The monoisotopic (exact) mass is 372 g/mol. The second-order valence-electron chi connectivity index (χ2n) is 5.33. The maximum Gasteiger partial charge on any atom is 0.418 e. The molecule has 8 heteroatoms. The van der Waals surface area contributed by atoms with E-state index >= 15 is 0 Å². The summed E-state index contributed by atoms with van der Waals surface area (Å²) in [6, 6.07) is 7.32. The van der Waals surface area contributed by atoms with Gasteiger partial charge in [0.15, 0.2) is 6.73 Å². The highest BCUT2D eigenvalue weighted by Gasteiger charge is 2.33. The van der Waals surface area contributed by atoms with Crippen LogP contribution >= 0.6 is 11.6 Å². The molecule has 0 heterocycles. The number of ether oxygens (including phenoxy) is 1. The van der Waals surface area contributed by atoms with E-state index < -0.39 is 17.8 Å². The van der Waals surface area contributed by atoms with E-state index in [4.69, 9.17) is 16.3 Å². The van der Waals surface area contributed by atoms with Gasteiger partial charge >= 0.3 is 12.2 Å². The second kappa shape index (κ2) is 7.65. The molecule has 2 rings (SSSR count). The molecule has 0 unspecified atom stereocenters. The first-order chi connectivity index (χ1) is 11.7. The van der Waals surface area contributed by atoms with Crippen LogP contribution in [0, 0.1) is 13.8 Å². The van der Waals surface area contributed by atoms with Crippen molar-refractivity contribution in [2.75, 3.05) is 12.0 Å². The number of nitrogens with one attached hydrogen (secondary N) is 2. The number of para-hydroxylation sites is 1. The fourth-order valence-electron chi connectivity index (χ4n) is 2.18. The Balaban J connectivity index is 1.94. The van der Waals surface area contributed by atoms with Crippen molar-refractivity contribution in [1.82, 2.24) is 5.32 Å². The van der Waals surface area contributed by atoms with Gasteiger partial charge in [-0.2, -0.15) is 13.2 Å². The van der Waals surface area contributed by atoms with Crippen molar-refractivity contribution in [3.8, 4) is 5.75 Å². The average Bonchev–Trinajstić information content (AvgIpc) is 2.52. The third kappa shape index (κ3) is 5.03. The molecule has 0 radical (unpaired) electrons. The Hall–Kier alpha value is -2.41. The summed E-state index contributed by atoms with van der Waals surface area (Å²) in [6.07, 6.45) is -4.56. The Morgan fingerprint density at radius 1 is 1.16 bits per heavy atom. The summed E-state index contributed by atoms with van der Waals surface area (Å²) in [4.78, 5) is 11.8. The first-order valence-electron chi connectivity index (χ1n) is 7.29. The van der Waals surface area contributed by atoms with Crippen LogP contribution in [-0.4, -0.2) is 12.8 Å². The number of halogens is 4. The summed E-state index contributed by atoms with van der Waals surface area (Å²) in [6.45, 7) is 3.42. The lowest BCUT2D eigenvalue weighted by molar-refractivity contribution is -0.136. The van der Waals surface area contributed by atoms with E-state index in [1.807, 2.05) is 13.8 Å². The normalized spacial score (nSPS) is 11.1. The highest BCUT2D eigenvalue weighted by atomic mass is 35.5. The van der Waals surface area contributed by atoms with Crippen LogP contribution in [-0.2, 0) is 6.18 Å². The van der Waals surface area contributed by atoms with Gasteiger partial charge in [-0.15, -0.1) is 0 Å². The third-order valence-electron chi connectivity index (χ3n) is 3.36. The fourth-order valence-corrected chi connectivity index (χ4v) is 2.29. The molecule has 0 saturated heterocycles. The molecular formula is C17H16ClF3N2O2. The Labute approximate surface area is 147 Å². The molecule has 0 fully saturated rings. The zero-order chi connectivity index (χ0) is 18.6. The van der Waals surface area contributed by atoms with E-state index in [2.05, 4.69) is 10.6 Å². The minimum Gasteiger partial charge on any atom is -0.473 e. The predicted octanol–water partition coefficient (Wildman–Crippen LogP) is 5.13. The Morgan fingerprint density at radius 3 is 2.36 bits per heavy atom. The van der Waals surface area contributed by atoms with Crippen molar-refractivity contribution in [3.63, 3.8) is 0 Å². The van der Waals surface area contributed by atoms with Gasteiger partial charge in [0.1, 0.15) is 5.75 Å². The summed E-state index contributed by atoms with van der Waals surface area (Å²) >= 11 is 6.05.